The first kappa shape index (κ1) is 11.2. The van der Waals surface area contributed by atoms with Crippen LogP contribution < -0.4 is 5.32 Å². The fourth-order valence-electron chi connectivity index (χ4n) is 3.02. The summed E-state index contributed by atoms with van der Waals surface area (Å²) in [4.78, 5) is 11.9. The lowest BCUT2D eigenvalue weighted by Gasteiger charge is -2.07. The molecule has 1 aromatic carbocycles. The van der Waals surface area contributed by atoms with Crippen molar-refractivity contribution in [2.75, 3.05) is 5.32 Å². The molecule has 1 amide bonds. The zero-order valence-corrected chi connectivity index (χ0v) is 10.8. The molecule has 0 radical (unpaired) electrons. The van der Waals surface area contributed by atoms with Crippen LogP contribution in [-0.4, -0.2) is 5.91 Å². The maximum absolute atomic E-state index is 13.5. The van der Waals surface area contributed by atoms with Gasteiger partial charge in [0.15, 0.2) is 0 Å². The molecule has 0 spiro atoms. The van der Waals surface area contributed by atoms with Crippen LogP contribution in [0, 0.1) is 23.6 Å². The first-order valence-electron chi connectivity index (χ1n) is 5.93. The average Bonchev–Trinajstić information content (AvgIpc) is 2.77. The third-order valence-electron chi connectivity index (χ3n) is 3.90. The second kappa shape index (κ2) is 4.09. The Morgan fingerprint density at radius 1 is 1.35 bits per heavy atom. The molecule has 0 saturated heterocycles. The van der Waals surface area contributed by atoms with Crippen LogP contribution in [0.2, 0.25) is 0 Å². The van der Waals surface area contributed by atoms with E-state index in [4.69, 9.17) is 0 Å². The van der Waals surface area contributed by atoms with E-state index in [1.807, 2.05) is 0 Å². The fourth-order valence-corrected chi connectivity index (χ4v) is 3.35. The van der Waals surface area contributed by atoms with Gasteiger partial charge in [0.1, 0.15) is 5.82 Å². The van der Waals surface area contributed by atoms with Crippen LogP contribution in [0.1, 0.15) is 19.3 Å². The summed E-state index contributed by atoms with van der Waals surface area (Å²) in [6.45, 7) is 0. The van der Waals surface area contributed by atoms with E-state index in [2.05, 4.69) is 21.2 Å². The summed E-state index contributed by atoms with van der Waals surface area (Å²) in [5, 5.41) is 2.69. The molecule has 1 N–H and O–H groups in total. The van der Waals surface area contributed by atoms with Gasteiger partial charge in [-0.2, -0.15) is 0 Å². The molecule has 0 aliphatic heterocycles. The summed E-state index contributed by atoms with van der Waals surface area (Å²) in [5.74, 6) is 0.855. The first-order chi connectivity index (χ1) is 8.16. The Bertz CT molecular complexity index is 466. The maximum atomic E-state index is 13.5. The second-order valence-corrected chi connectivity index (χ2v) is 5.81. The molecule has 2 aliphatic carbocycles. The van der Waals surface area contributed by atoms with Gasteiger partial charge in [-0.3, -0.25) is 4.79 Å². The maximum Gasteiger partial charge on any atom is 0.228 e. The molecule has 2 aliphatic rings. The number of benzene rings is 1. The van der Waals surface area contributed by atoms with Crippen molar-refractivity contribution < 1.29 is 9.18 Å². The molecule has 90 valence electrons. The number of hydrogen-bond acceptors (Lipinski definition) is 1. The standard InChI is InChI=1S/C13H13BrFNO/c14-7-4-5-11(10(15)6-7)16-13(17)12-8-2-1-3-9(8)12/h4-6,8-9,12H,1-3H2,(H,16,17). The predicted octanol–water partition coefficient (Wildman–Crippen LogP) is 3.57. The largest absolute Gasteiger partial charge is 0.323 e. The average molecular weight is 298 g/mol. The number of carbonyl (C=O) groups excluding carboxylic acids is 1. The lowest BCUT2D eigenvalue weighted by molar-refractivity contribution is -0.118. The molecule has 2 fully saturated rings. The predicted molar refractivity (Wildman–Crippen MR) is 67.1 cm³/mol. The minimum Gasteiger partial charge on any atom is -0.323 e. The van der Waals surface area contributed by atoms with Crippen LogP contribution in [-0.2, 0) is 4.79 Å². The highest BCUT2D eigenvalue weighted by Crippen LogP contribution is 2.57. The third kappa shape index (κ3) is 1.99. The van der Waals surface area contributed by atoms with E-state index in [1.165, 1.54) is 12.5 Å². The zero-order valence-electron chi connectivity index (χ0n) is 9.25. The molecule has 17 heavy (non-hydrogen) atoms. The Morgan fingerprint density at radius 2 is 2.06 bits per heavy atom. The minimum absolute atomic E-state index is 0.0130. The molecule has 3 rings (SSSR count). The Hall–Kier alpha value is -0.900. The van der Waals surface area contributed by atoms with Gasteiger partial charge in [0, 0.05) is 10.4 Å². The highest BCUT2D eigenvalue weighted by atomic mass is 79.9. The van der Waals surface area contributed by atoms with Crippen molar-refractivity contribution in [3.8, 4) is 0 Å². The number of rotatable bonds is 2. The Morgan fingerprint density at radius 3 is 2.71 bits per heavy atom. The number of carbonyl (C=O) groups is 1. The molecular formula is C13H13BrFNO. The van der Waals surface area contributed by atoms with Crippen molar-refractivity contribution in [1.82, 2.24) is 0 Å². The number of amides is 1. The zero-order chi connectivity index (χ0) is 12.0. The number of halogens is 2. The highest BCUT2D eigenvalue weighted by Gasteiger charge is 2.56. The van der Waals surface area contributed by atoms with E-state index in [1.54, 1.807) is 12.1 Å². The Kier molecular flexibility index (Phi) is 2.69. The number of anilines is 1. The summed E-state index contributed by atoms with van der Waals surface area (Å²) in [6.07, 6.45) is 3.56. The van der Waals surface area contributed by atoms with Gasteiger partial charge < -0.3 is 5.32 Å². The Balaban J connectivity index is 1.69. The van der Waals surface area contributed by atoms with Crippen molar-refractivity contribution in [2.24, 2.45) is 17.8 Å². The van der Waals surface area contributed by atoms with E-state index >= 15 is 0 Å². The van der Waals surface area contributed by atoms with Crippen LogP contribution in [0.25, 0.3) is 0 Å². The summed E-state index contributed by atoms with van der Waals surface area (Å²) >= 11 is 3.19. The number of hydrogen-bond donors (Lipinski definition) is 1. The highest BCUT2D eigenvalue weighted by molar-refractivity contribution is 9.10. The van der Waals surface area contributed by atoms with E-state index in [-0.39, 0.29) is 17.5 Å². The smallest absolute Gasteiger partial charge is 0.228 e. The third-order valence-corrected chi connectivity index (χ3v) is 4.39. The van der Waals surface area contributed by atoms with Crippen LogP contribution >= 0.6 is 15.9 Å². The van der Waals surface area contributed by atoms with E-state index < -0.39 is 5.82 Å². The van der Waals surface area contributed by atoms with Crippen LogP contribution in [0.3, 0.4) is 0 Å². The van der Waals surface area contributed by atoms with Gasteiger partial charge in [0.25, 0.3) is 0 Å². The summed E-state index contributed by atoms with van der Waals surface area (Å²) in [6, 6.07) is 4.69. The summed E-state index contributed by atoms with van der Waals surface area (Å²) in [7, 11) is 0. The second-order valence-electron chi connectivity index (χ2n) is 4.90. The van der Waals surface area contributed by atoms with Gasteiger partial charge in [0.2, 0.25) is 5.91 Å². The van der Waals surface area contributed by atoms with Crippen molar-refractivity contribution in [2.45, 2.75) is 19.3 Å². The number of nitrogens with one attached hydrogen (secondary N) is 1. The summed E-state index contributed by atoms with van der Waals surface area (Å²) < 4.78 is 14.2. The normalized spacial score (nSPS) is 29.9. The quantitative estimate of drug-likeness (QED) is 0.888. The molecule has 0 bridgehead atoms. The molecule has 2 nitrogen and oxygen atoms in total. The first-order valence-corrected chi connectivity index (χ1v) is 6.72. The van der Waals surface area contributed by atoms with Crippen LogP contribution in [0.4, 0.5) is 10.1 Å². The van der Waals surface area contributed by atoms with Gasteiger partial charge >= 0.3 is 0 Å². The molecular weight excluding hydrogens is 285 g/mol. The molecule has 4 heteroatoms. The molecule has 2 atom stereocenters. The topological polar surface area (TPSA) is 29.1 Å². The molecule has 1 aromatic rings. The van der Waals surface area contributed by atoms with Crippen molar-refractivity contribution >= 4 is 27.5 Å². The van der Waals surface area contributed by atoms with E-state index in [0.29, 0.717) is 16.3 Å². The van der Waals surface area contributed by atoms with Crippen molar-refractivity contribution in [3.05, 3.63) is 28.5 Å². The minimum atomic E-state index is -0.390. The van der Waals surface area contributed by atoms with Gasteiger partial charge in [-0.25, -0.2) is 4.39 Å². The molecule has 0 heterocycles. The lowest BCUT2D eigenvalue weighted by Crippen LogP contribution is -2.17. The fraction of sp³-hybridized carbons (Fsp3) is 0.462. The SMILES string of the molecule is O=C(Nc1ccc(Br)cc1F)C1C2CCCC21. The number of fused-ring (bicyclic) bond motifs is 1. The monoisotopic (exact) mass is 297 g/mol. The van der Waals surface area contributed by atoms with E-state index in [0.717, 1.165) is 12.8 Å². The lowest BCUT2D eigenvalue weighted by atomic mass is 10.1. The van der Waals surface area contributed by atoms with Crippen molar-refractivity contribution in [3.63, 3.8) is 0 Å². The molecule has 2 saturated carbocycles. The van der Waals surface area contributed by atoms with Crippen LogP contribution in [0.5, 0.6) is 0 Å². The van der Waals surface area contributed by atoms with Gasteiger partial charge in [0.05, 0.1) is 5.69 Å². The van der Waals surface area contributed by atoms with Gasteiger partial charge in [-0.15, -0.1) is 0 Å². The van der Waals surface area contributed by atoms with E-state index in [9.17, 15) is 9.18 Å². The van der Waals surface area contributed by atoms with Crippen LogP contribution in [0.15, 0.2) is 22.7 Å². The Labute approximate surface area is 108 Å². The van der Waals surface area contributed by atoms with Gasteiger partial charge in [-0.1, -0.05) is 22.4 Å². The summed E-state index contributed by atoms with van der Waals surface area (Å²) in [5.41, 5.74) is 0.281. The molecule has 2 unspecified atom stereocenters. The van der Waals surface area contributed by atoms with Gasteiger partial charge in [-0.05, 0) is 42.9 Å². The molecule has 0 aromatic heterocycles. The van der Waals surface area contributed by atoms with Crippen molar-refractivity contribution in [1.29, 1.82) is 0 Å².